The Morgan fingerprint density at radius 1 is 1.24 bits per heavy atom. The summed E-state index contributed by atoms with van der Waals surface area (Å²) in [6.45, 7) is 6.18. The van der Waals surface area contributed by atoms with Crippen LogP contribution in [-0.4, -0.2) is 42.0 Å². The summed E-state index contributed by atoms with van der Waals surface area (Å²) in [5.41, 5.74) is 1.91. The maximum absolute atomic E-state index is 11.2. The predicted octanol–water partition coefficient (Wildman–Crippen LogP) is 3.60. The van der Waals surface area contributed by atoms with Crippen molar-refractivity contribution < 1.29 is 9.66 Å². The van der Waals surface area contributed by atoms with Gasteiger partial charge in [-0.15, -0.1) is 0 Å². The summed E-state index contributed by atoms with van der Waals surface area (Å²) < 4.78 is 5.90. The lowest BCUT2D eigenvalue weighted by Crippen LogP contribution is -2.40. The second-order valence-electron chi connectivity index (χ2n) is 7.16. The zero-order chi connectivity index (χ0) is 20.5. The lowest BCUT2D eigenvalue weighted by molar-refractivity contribution is -0.385. The Labute approximate surface area is 171 Å². The van der Waals surface area contributed by atoms with E-state index in [4.69, 9.17) is 4.74 Å². The van der Waals surface area contributed by atoms with Crippen molar-refractivity contribution in [1.29, 1.82) is 0 Å². The van der Waals surface area contributed by atoms with Gasteiger partial charge < -0.3 is 15.0 Å². The monoisotopic (exact) mass is 396 g/mol. The van der Waals surface area contributed by atoms with Gasteiger partial charge in [-0.05, 0) is 18.9 Å². The van der Waals surface area contributed by atoms with Crippen LogP contribution >= 0.6 is 0 Å². The van der Waals surface area contributed by atoms with E-state index in [1.54, 1.807) is 18.2 Å². The lowest BCUT2D eigenvalue weighted by Gasteiger charge is -2.21. The topological polar surface area (TPSA) is 80.0 Å². The molecular formula is C22H28N4O3. The van der Waals surface area contributed by atoms with Crippen molar-refractivity contribution >= 4 is 11.6 Å². The van der Waals surface area contributed by atoms with E-state index in [1.807, 2.05) is 25.1 Å². The molecule has 1 fully saturated rings. The molecule has 7 heteroatoms. The number of rotatable bonds is 8. The van der Waals surface area contributed by atoms with E-state index >= 15 is 0 Å². The van der Waals surface area contributed by atoms with Gasteiger partial charge in [0.15, 0.2) is 5.96 Å². The summed E-state index contributed by atoms with van der Waals surface area (Å²) in [4.78, 5) is 17.7. The Kier molecular flexibility index (Phi) is 7.58. The standard InChI is InChI=1S/C22H28N4O3/c1-2-23-22(24-14-20-10-6-7-11-21(20)26(27)28)25-13-12-19(15-25)17-29-16-18-8-4-3-5-9-18/h3-11,19H,2,12-17H2,1H3,(H,23,24). The molecule has 0 aliphatic carbocycles. The van der Waals surface area contributed by atoms with Crippen LogP contribution in [0, 0.1) is 16.0 Å². The molecule has 1 heterocycles. The normalized spacial score (nSPS) is 16.8. The molecule has 154 valence electrons. The first kappa shape index (κ1) is 20.8. The lowest BCUT2D eigenvalue weighted by atomic mass is 10.1. The molecule has 1 aliphatic heterocycles. The van der Waals surface area contributed by atoms with Crippen molar-refractivity contribution in [3.8, 4) is 0 Å². The maximum Gasteiger partial charge on any atom is 0.274 e. The van der Waals surface area contributed by atoms with Crippen molar-refractivity contribution in [2.24, 2.45) is 10.9 Å². The van der Waals surface area contributed by atoms with Gasteiger partial charge in [0.2, 0.25) is 0 Å². The van der Waals surface area contributed by atoms with Crippen molar-refractivity contribution in [3.05, 3.63) is 75.8 Å². The number of nitro benzene ring substituents is 1. The number of nitro groups is 1. The second kappa shape index (κ2) is 10.6. The maximum atomic E-state index is 11.2. The van der Waals surface area contributed by atoms with Gasteiger partial charge in [0.25, 0.3) is 5.69 Å². The van der Waals surface area contributed by atoms with Crippen molar-refractivity contribution in [3.63, 3.8) is 0 Å². The number of ether oxygens (including phenoxy) is 1. The van der Waals surface area contributed by atoms with Crippen molar-refractivity contribution in [2.75, 3.05) is 26.2 Å². The van der Waals surface area contributed by atoms with Gasteiger partial charge in [-0.2, -0.15) is 0 Å². The Bertz CT molecular complexity index is 826. The average Bonchev–Trinajstić information content (AvgIpc) is 3.21. The van der Waals surface area contributed by atoms with Gasteiger partial charge in [-0.1, -0.05) is 48.5 Å². The number of para-hydroxylation sites is 1. The number of hydrogen-bond acceptors (Lipinski definition) is 4. The molecule has 1 unspecified atom stereocenters. The van der Waals surface area contributed by atoms with E-state index in [-0.39, 0.29) is 17.2 Å². The molecule has 0 radical (unpaired) electrons. The van der Waals surface area contributed by atoms with Crippen LogP contribution in [0.15, 0.2) is 59.6 Å². The van der Waals surface area contributed by atoms with Gasteiger partial charge in [0.1, 0.15) is 0 Å². The van der Waals surface area contributed by atoms with Crippen LogP contribution in [0.3, 0.4) is 0 Å². The predicted molar refractivity (Wildman–Crippen MR) is 114 cm³/mol. The fourth-order valence-corrected chi connectivity index (χ4v) is 3.49. The van der Waals surface area contributed by atoms with E-state index in [9.17, 15) is 10.1 Å². The van der Waals surface area contributed by atoms with Gasteiger partial charge >= 0.3 is 0 Å². The summed E-state index contributed by atoms with van der Waals surface area (Å²) in [7, 11) is 0. The van der Waals surface area contributed by atoms with Crippen LogP contribution in [0.1, 0.15) is 24.5 Å². The molecule has 1 saturated heterocycles. The highest BCUT2D eigenvalue weighted by Gasteiger charge is 2.25. The Hall–Kier alpha value is -2.93. The fraction of sp³-hybridized carbons (Fsp3) is 0.409. The Balaban J connectivity index is 1.55. The summed E-state index contributed by atoms with van der Waals surface area (Å²) in [6, 6.07) is 16.9. The summed E-state index contributed by atoms with van der Waals surface area (Å²) in [6.07, 6.45) is 1.05. The quantitative estimate of drug-likeness (QED) is 0.319. The molecule has 0 spiro atoms. The molecule has 0 aromatic heterocycles. The number of hydrogen-bond donors (Lipinski definition) is 1. The SMILES string of the molecule is CCNC(=NCc1ccccc1[N+](=O)[O-])N1CCC(COCc2ccccc2)C1. The van der Waals surface area contributed by atoms with Crippen LogP contribution in [-0.2, 0) is 17.9 Å². The zero-order valence-corrected chi connectivity index (χ0v) is 16.8. The van der Waals surface area contributed by atoms with E-state index in [2.05, 4.69) is 27.3 Å². The molecule has 1 N–H and O–H groups in total. The molecule has 0 saturated carbocycles. The van der Waals surface area contributed by atoms with Crippen LogP contribution < -0.4 is 5.32 Å². The van der Waals surface area contributed by atoms with Gasteiger partial charge in [-0.3, -0.25) is 10.1 Å². The van der Waals surface area contributed by atoms with Gasteiger partial charge in [0.05, 0.1) is 30.2 Å². The molecule has 1 atom stereocenters. The smallest absolute Gasteiger partial charge is 0.274 e. The summed E-state index contributed by atoms with van der Waals surface area (Å²) >= 11 is 0. The number of benzene rings is 2. The zero-order valence-electron chi connectivity index (χ0n) is 16.8. The van der Waals surface area contributed by atoms with E-state index < -0.39 is 0 Å². The van der Waals surface area contributed by atoms with E-state index in [0.717, 1.165) is 38.6 Å². The van der Waals surface area contributed by atoms with Crippen molar-refractivity contribution in [1.82, 2.24) is 10.2 Å². The highest BCUT2D eigenvalue weighted by Crippen LogP contribution is 2.20. The fourth-order valence-electron chi connectivity index (χ4n) is 3.49. The molecule has 0 bridgehead atoms. The first-order valence-corrected chi connectivity index (χ1v) is 10.0. The number of likely N-dealkylation sites (tertiary alicyclic amines) is 1. The molecule has 7 nitrogen and oxygen atoms in total. The van der Waals surface area contributed by atoms with Crippen LogP contribution in [0.25, 0.3) is 0 Å². The van der Waals surface area contributed by atoms with E-state index in [0.29, 0.717) is 18.1 Å². The van der Waals surface area contributed by atoms with Gasteiger partial charge in [-0.25, -0.2) is 4.99 Å². The van der Waals surface area contributed by atoms with Crippen molar-refractivity contribution in [2.45, 2.75) is 26.5 Å². The molecule has 3 rings (SSSR count). The van der Waals surface area contributed by atoms with Crippen LogP contribution in [0.5, 0.6) is 0 Å². The molecule has 2 aromatic rings. The Morgan fingerprint density at radius 2 is 2.00 bits per heavy atom. The third kappa shape index (κ3) is 6.02. The number of nitrogens with zero attached hydrogens (tertiary/aromatic N) is 3. The second-order valence-corrected chi connectivity index (χ2v) is 7.16. The molecular weight excluding hydrogens is 368 g/mol. The van der Waals surface area contributed by atoms with E-state index in [1.165, 1.54) is 11.6 Å². The number of aliphatic imine (C=N–C) groups is 1. The largest absolute Gasteiger partial charge is 0.376 e. The third-order valence-corrected chi connectivity index (χ3v) is 4.97. The first-order valence-electron chi connectivity index (χ1n) is 10.0. The number of nitrogens with one attached hydrogen (secondary N) is 1. The summed E-state index contributed by atoms with van der Waals surface area (Å²) in [5, 5.41) is 14.5. The first-order chi connectivity index (χ1) is 14.2. The highest BCUT2D eigenvalue weighted by atomic mass is 16.6. The Morgan fingerprint density at radius 3 is 2.76 bits per heavy atom. The number of guanidine groups is 1. The van der Waals surface area contributed by atoms with Crippen LogP contribution in [0.4, 0.5) is 5.69 Å². The highest BCUT2D eigenvalue weighted by molar-refractivity contribution is 5.80. The average molecular weight is 396 g/mol. The third-order valence-electron chi connectivity index (χ3n) is 4.97. The molecule has 1 aliphatic rings. The molecule has 2 aromatic carbocycles. The summed E-state index contributed by atoms with van der Waals surface area (Å²) in [5.74, 6) is 1.25. The molecule has 0 amide bonds. The van der Waals surface area contributed by atoms with Gasteiger partial charge in [0, 0.05) is 31.6 Å². The minimum atomic E-state index is -0.353. The minimum Gasteiger partial charge on any atom is -0.376 e. The molecule has 29 heavy (non-hydrogen) atoms. The minimum absolute atomic E-state index is 0.112. The van der Waals surface area contributed by atoms with Crippen LogP contribution in [0.2, 0.25) is 0 Å².